The van der Waals surface area contributed by atoms with E-state index in [1.165, 1.54) is 7.11 Å². The highest BCUT2D eigenvalue weighted by Crippen LogP contribution is 2.42. The topological polar surface area (TPSA) is 69.6 Å². The van der Waals surface area contributed by atoms with Crippen LogP contribution in [0.5, 0.6) is 0 Å². The summed E-state index contributed by atoms with van der Waals surface area (Å²) in [6.45, 7) is 5.36. The zero-order valence-electron chi connectivity index (χ0n) is 18.9. The Bertz CT molecular complexity index is 1270. The lowest BCUT2D eigenvalue weighted by atomic mass is 9.80. The Morgan fingerprint density at radius 1 is 0.939 bits per heavy atom. The number of aromatic nitrogens is 1. The van der Waals surface area contributed by atoms with Gasteiger partial charge in [-0.15, -0.1) is 0 Å². The fraction of sp³-hybridized carbons (Fsp3) is 0.231. The van der Waals surface area contributed by atoms with Gasteiger partial charge in [-0.1, -0.05) is 54.1 Å². The fourth-order valence-electron chi connectivity index (χ4n) is 4.26. The van der Waals surface area contributed by atoms with Crippen LogP contribution in [0.4, 0.5) is 0 Å². The van der Waals surface area contributed by atoms with Gasteiger partial charge in [0.25, 0.3) is 0 Å². The number of methoxy groups -OCH3 is 1. The zero-order chi connectivity index (χ0) is 23.7. The summed E-state index contributed by atoms with van der Waals surface area (Å²) < 4.78 is 12.8. The van der Waals surface area contributed by atoms with Crippen LogP contribution in [0.25, 0.3) is 10.8 Å². The van der Waals surface area contributed by atoms with Crippen molar-refractivity contribution in [3.8, 4) is 0 Å². The predicted molar refractivity (Wildman–Crippen MR) is 127 cm³/mol. The van der Waals surface area contributed by atoms with E-state index in [0.29, 0.717) is 33.1 Å². The van der Waals surface area contributed by atoms with Gasteiger partial charge in [0.2, 0.25) is 0 Å². The van der Waals surface area contributed by atoms with Gasteiger partial charge in [-0.3, -0.25) is 0 Å². The molecule has 2 heterocycles. The molecule has 1 N–H and O–H groups in total. The number of hydrogen-bond donors (Lipinski definition) is 1. The molecule has 1 aliphatic heterocycles. The van der Waals surface area contributed by atoms with Gasteiger partial charge in [0.05, 0.1) is 24.2 Å². The largest absolute Gasteiger partial charge is 0.466 e. The van der Waals surface area contributed by atoms with E-state index in [-0.39, 0.29) is 0 Å². The van der Waals surface area contributed by atoms with Crippen LogP contribution in [0.3, 0.4) is 0 Å². The van der Waals surface area contributed by atoms with E-state index >= 15 is 0 Å². The number of ether oxygens (including phenoxy) is 2. The van der Waals surface area contributed by atoms with Crippen LogP contribution in [-0.2, 0) is 19.1 Å². The lowest BCUT2D eigenvalue weighted by Crippen LogP contribution is -2.33. The molecule has 6 nitrogen and oxygen atoms in total. The normalized spacial score (nSPS) is 17.1. The number of nitrogens with one attached hydrogen (secondary N) is 1. The number of carbonyl (C=O) groups is 2. The summed E-state index contributed by atoms with van der Waals surface area (Å²) in [6, 6.07) is 15.1. The number of fused-ring (bicyclic) bond motifs is 1. The number of esters is 2. The quantitative estimate of drug-likeness (QED) is 0.507. The highest BCUT2D eigenvalue weighted by Gasteiger charge is 2.39. The lowest BCUT2D eigenvalue weighted by Gasteiger charge is -2.31. The molecule has 0 bridgehead atoms. The van der Waals surface area contributed by atoms with Crippen LogP contribution in [0, 0.1) is 0 Å². The van der Waals surface area contributed by atoms with Gasteiger partial charge in [-0.25, -0.2) is 9.59 Å². The standard InChI is InChI=1S/C26H25ClN2O4/c1-15-22(25(30)32-4)24(20-11-7-8-12-21(20)27)23(16(2)28-15)26(31)33-17(3)29-13-18-9-5-6-10-19(18)14-29/h5-14,17,24,28H,1-4H3. The van der Waals surface area contributed by atoms with Crippen molar-refractivity contribution in [2.45, 2.75) is 32.9 Å². The molecule has 2 unspecified atom stereocenters. The minimum atomic E-state index is -0.726. The minimum absolute atomic E-state index is 0.317. The predicted octanol–water partition coefficient (Wildman–Crippen LogP) is 5.46. The summed E-state index contributed by atoms with van der Waals surface area (Å²) in [5.41, 5.74) is 2.47. The number of carbonyl (C=O) groups excluding carboxylic acids is 2. The van der Waals surface area contributed by atoms with Gasteiger partial charge in [-0.05, 0) is 43.2 Å². The first-order chi connectivity index (χ1) is 15.8. The van der Waals surface area contributed by atoms with Crippen LogP contribution in [-0.4, -0.2) is 23.6 Å². The average Bonchev–Trinajstić information content (AvgIpc) is 3.23. The minimum Gasteiger partial charge on any atom is -0.466 e. The molecular formula is C26H25ClN2O4. The summed E-state index contributed by atoms with van der Waals surface area (Å²) in [4.78, 5) is 26.3. The summed E-state index contributed by atoms with van der Waals surface area (Å²) >= 11 is 6.51. The first-order valence-electron chi connectivity index (χ1n) is 10.6. The van der Waals surface area contributed by atoms with E-state index in [2.05, 4.69) is 5.32 Å². The SMILES string of the molecule is COC(=O)C1=C(C)NC(C)=C(C(=O)OC(C)n2cc3ccccc3c2)C1c1ccccc1Cl. The van der Waals surface area contributed by atoms with E-state index in [0.717, 1.165) is 10.8 Å². The molecule has 0 aliphatic carbocycles. The lowest BCUT2D eigenvalue weighted by molar-refractivity contribution is -0.148. The summed E-state index contributed by atoms with van der Waals surface area (Å²) in [5.74, 6) is -1.80. The van der Waals surface area contributed by atoms with E-state index in [9.17, 15) is 9.59 Å². The van der Waals surface area contributed by atoms with Crippen LogP contribution < -0.4 is 5.32 Å². The number of dihydropyridines is 1. The molecule has 2 atom stereocenters. The molecule has 0 radical (unpaired) electrons. The Labute approximate surface area is 197 Å². The molecule has 7 heteroatoms. The van der Waals surface area contributed by atoms with E-state index in [4.69, 9.17) is 21.1 Å². The van der Waals surface area contributed by atoms with Crippen LogP contribution in [0.2, 0.25) is 5.02 Å². The molecule has 0 spiro atoms. The summed E-state index contributed by atoms with van der Waals surface area (Å²) in [6.07, 6.45) is 3.30. The zero-order valence-corrected chi connectivity index (χ0v) is 19.6. The molecule has 3 aromatic rings. The smallest absolute Gasteiger partial charge is 0.338 e. The third kappa shape index (κ3) is 4.26. The molecule has 0 amide bonds. The molecule has 170 valence electrons. The highest BCUT2D eigenvalue weighted by molar-refractivity contribution is 6.31. The van der Waals surface area contributed by atoms with Crippen molar-refractivity contribution in [3.63, 3.8) is 0 Å². The number of halogens is 1. The van der Waals surface area contributed by atoms with Crippen LogP contribution >= 0.6 is 11.6 Å². The van der Waals surface area contributed by atoms with Crippen molar-refractivity contribution >= 4 is 34.3 Å². The molecule has 2 aromatic carbocycles. The average molecular weight is 465 g/mol. The Morgan fingerprint density at radius 3 is 2.06 bits per heavy atom. The number of hydrogen-bond acceptors (Lipinski definition) is 5. The van der Waals surface area contributed by atoms with E-state index < -0.39 is 24.1 Å². The second-order valence-corrected chi connectivity index (χ2v) is 8.39. The number of rotatable bonds is 5. The Kier molecular flexibility index (Phi) is 6.29. The van der Waals surface area contributed by atoms with Gasteiger partial charge >= 0.3 is 11.9 Å². The maximum Gasteiger partial charge on any atom is 0.338 e. The van der Waals surface area contributed by atoms with Crippen molar-refractivity contribution in [1.82, 2.24) is 9.88 Å². The van der Waals surface area contributed by atoms with Gasteiger partial charge in [0.1, 0.15) is 0 Å². The number of allylic oxidation sites excluding steroid dienone is 2. The molecule has 0 saturated heterocycles. The van der Waals surface area contributed by atoms with E-state index in [1.807, 2.05) is 47.3 Å². The van der Waals surface area contributed by atoms with Crippen molar-refractivity contribution in [1.29, 1.82) is 0 Å². The van der Waals surface area contributed by atoms with Gasteiger partial charge in [0.15, 0.2) is 6.23 Å². The first-order valence-corrected chi connectivity index (χ1v) is 11.0. The second-order valence-electron chi connectivity index (χ2n) is 7.99. The molecular weight excluding hydrogens is 440 g/mol. The molecule has 0 fully saturated rings. The molecule has 4 rings (SSSR count). The fourth-order valence-corrected chi connectivity index (χ4v) is 4.50. The third-order valence-electron chi connectivity index (χ3n) is 5.87. The molecule has 1 aromatic heterocycles. The monoisotopic (exact) mass is 464 g/mol. The van der Waals surface area contributed by atoms with Crippen LogP contribution in [0.1, 0.15) is 38.5 Å². The van der Waals surface area contributed by atoms with Gasteiger partial charge in [-0.2, -0.15) is 0 Å². The van der Waals surface area contributed by atoms with Gasteiger partial charge in [0, 0.05) is 28.8 Å². The van der Waals surface area contributed by atoms with E-state index in [1.54, 1.807) is 39.0 Å². The number of nitrogens with zero attached hydrogens (tertiary/aromatic N) is 1. The maximum atomic E-state index is 13.5. The van der Waals surface area contributed by atoms with Crippen LogP contribution in [0.15, 0.2) is 83.5 Å². The second kappa shape index (κ2) is 9.16. The summed E-state index contributed by atoms with van der Waals surface area (Å²) in [7, 11) is 1.31. The van der Waals surface area contributed by atoms with Gasteiger partial charge < -0.3 is 19.4 Å². The van der Waals surface area contributed by atoms with Crippen molar-refractivity contribution < 1.29 is 19.1 Å². The van der Waals surface area contributed by atoms with Crippen molar-refractivity contribution in [3.05, 3.63) is 94.1 Å². The number of benzene rings is 2. The highest BCUT2D eigenvalue weighted by atomic mass is 35.5. The Hall–Kier alpha value is -3.51. The molecule has 0 saturated carbocycles. The van der Waals surface area contributed by atoms with Crippen molar-refractivity contribution in [2.24, 2.45) is 0 Å². The summed E-state index contributed by atoms with van der Waals surface area (Å²) in [5, 5.41) is 5.69. The molecule has 33 heavy (non-hydrogen) atoms. The maximum absolute atomic E-state index is 13.5. The Balaban J connectivity index is 1.73. The van der Waals surface area contributed by atoms with Crippen molar-refractivity contribution in [2.75, 3.05) is 7.11 Å². The molecule has 1 aliphatic rings. The Morgan fingerprint density at radius 2 is 1.48 bits per heavy atom. The first kappa shape index (κ1) is 22.7. The third-order valence-corrected chi connectivity index (χ3v) is 6.22.